The van der Waals surface area contributed by atoms with Gasteiger partial charge in [0.1, 0.15) is 0 Å². The van der Waals surface area contributed by atoms with Crippen molar-refractivity contribution in [3.05, 3.63) is 53.3 Å². The van der Waals surface area contributed by atoms with Crippen LogP contribution in [0.25, 0.3) is 0 Å². The van der Waals surface area contributed by atoms with Gasteiger partial charge in [0.25, 0.3) is 0 Å². The Morgan fingerprint density at radius 1 is 1.05 bits per heavy atom. The van der Waals surface area contributed by atoms with Crippen LogP contribution in [0.5, 0.6) is 17.2 Å². The van der Waals surface area contributed by atoms with Gasteiger partial charge in [0.2, 0.25) is 0 Å². The molecule has 2 aromatic carbocycles. The molecule has 4 nitrogen and oxygen atoms in total. The van der Waals surface area contributed by atoms with Gasteiger partial charge < -0.3 is 19.7 Å². The molecule has 0 unspecified atom stereocenters. The predicted octanol–water partition coefficient (Wildman–Crippen LogP) is 2.61. The fourth-order valence-electron chi connectivity index (χ4n) is 1.80. The highest BCUT2D eigenvalue weighted by Gasteiger charge is 2.13. The van der Waals surface area contributed by atoms with Gasteiger partial charge in [-0.15, -0.1) is 0 Å². The first kappa shape index (κ1) is 14.3. The number of halogens is 1. The normalized spacial score (nSPS) is 10.4. The van der Waals surface area contributed by atoms with Crippen LogP contribution in [0.3, 0.4) is 0 Å². The molecule has 0 spiro atoms. The number of aliphatic hydroxyl groups is 2. The summed E-state index contributed by atoms with van der Waals surface area (Å²) < 4.78 is 24.5. The lowest BCUT2D eigenvalue weighted by Crippen LogP contribution is -1.97. The van der Waals surface area contributed by atoms with E-state index in [1.807, 2.05) is 0 Å². The van der Waals surface area contributed by atoms with E-state index < -0.39 is 5.82 Å². The molecule has 2 N–H and O–H groups in total. The van der Waals surface area contributed by atoms with Crippen molar-refractivity contribution in [3.8, 4) is 17.2 Å². The summed E-state index contributed by atoms with van der Waals surface area (Å²) in [5.74, 6) is 0.0862. The maximum absolute atomic E-state index is 13.8. The Labute approximate surface area is 116 Å². The molecule has 0 heterocycles. The number of aliphatic hydroxyl groups excluding tert-OH is 2. The Morgan fingerprint density at radius 2 is 1.85 bits per heavy atom. The van der Waals surface area contributed by atoms with E-state index in [0.717, 1.165) is 0 Å². The van der Waals surface area contributed by atoms with Crippen molar-refractivity contribution in [2.45, 2.75) is 13.2 Å². The highest BCUT2D eigenvalue weighted by Crippen LogP contribution is 2.35. The summed E-state index contributed by atoms with van der Waals surface area (Å²) in [7, 11) is 1.46. The smallest absolute Gasteiger partial charge is 0.169 e. The van der Waals surface area contributed by atoms with Crippen molar-refractivity contribution in [1.29, 1.82) is 0 Å². The number of benzene rings is 2. The summed E-state index contributed by atoms with van der Waals surface area (Å²) in [6.45, 7) is -0.456. The van der Waals surface area contributed by atoms with Crippen molar-refractivity contribution < 1.29 is 24.1 Å². The Kier molecular flexibility index (Phi) is 4.55. The second kappa shape index (κ2) is 6.36. The van der Waals surface area contributed by atoms with E-state index in [4.69, 9.17) is 14.6 Å². The largest absolute Gasteiger partial charge is 0.493 e. The quantitative estimate of drug-likeness (QED) is 0.882. The van der Waals surface area contributed by atoms with E-state index in [9.17, 15) is 9.50 Å². The van der Waals surface area contributed by atoms with Gasteiger partial charge in [-0.1, -0.05) is 18.2 Å². The fourth-order valence-corrected chi connectivity index (χ4v) is 1.80. The second-order valence-corrected chi connectivity index (χ2v) is 4.13. The van der Waals surface area contributed by atoms with Gasteiger partial charge in [-0.2, -0.15) is 0 Å². The second-order valence-electron chi connectivity index (χ2n) is 4.13. The Bertz CT molecular complexity index is 598. The van der Waals surface area contributed by atoms with Gasteiger partial charge in [0.05, 0.1) is 20.3 Å². The van der Waals surface area contributed by atoms with E-state index in [2.05, 4.69) is 0 Å². The molecule has 0 fully saturated rings. The Balaban J connectivity index is 2.39. The van der Waals surface area contributed by atoms with E-state index in [-0.39, 0.29) is 19.0 Å². The number of ether oxygens (including phenoxy) is 2. The fraction of sp³-hybridized carbons (Fsp3) is 0.200. The van der Waals surface area contributed by atoms with E-state index in [0.29, 0.717) is 22.6 Å². The van der Waals surface area contributed by atoms with Gasteiger partial charge in [-0.3, -0.25) is 0 Å². The molecule has 106 valence electrons. The van der Waals surface area contributed by atoms with E-state index >= 15 is 0 Å². The van der Waals surface area contributed by atoms with Crippen LogP contribution in [0.4, 0.5) is 4.39 Å². The average Bonchev–Trinajstić information content (AvgIpc) is 2.49. The number of hydrogen-bond donors (Lipinski definition) is 2. The van der Waals surface area contributed by atoms with Crippen molar-refractivity contribution >= 4 is 0 Å². The SMILES string of the molecule is COc1cc(CO)ccc1Oc1c(F)cccc1CO. The zero-order chi connectivity index (χ0) is 14.5. The summed E-state index contributed by atoms with van der Waals surface area (Å²) in [6, 6.07) is 9.17. The van der Waals surface area contributed by atoms with Crippen molar-refractivity contribution in [2.75, 3.05) is 7.11 Å². The maximum Gasteiger partial charge on any atom is 0.169 e. The molecule has 0 bridgehead atoms. The zero-order valence-electron chi connectivity index (χ0n) is 11.0. The first-order valence-electron chi connectivity index (χ1n) is 6.03. The lowest BCUT2D eigenvalue weighted by Gasteiger charge is -2.14. The predicted molar refractivity (Wildman–Crippen MR) is 71.3 cm³/mol. The lowest BCUT2D eigenvalue weighted by molar-refractivity contribution is 0.273. The summed E-state index contributed by atoms with van der Waals surface area (Å²) in [4.78, 5) is 0. The maximum atomic E-state index is 13.8. The van der Waals surface area contributed by atoms with Crippen LogP contribution in [0.1, 0.15) is 11.1 Å². The molecule has 2 aromatic rings. The number of para-hydroxylation sites is 1. The van der Waals surface area contributed by atoms with Gasteiger partial charge in [-0.25, -0.2) is 4.39 Å². The van der Waals surface area contributed by atoms with Gasteiger partial charge in [-0.05, 0) is 23.8 Å². The van der Waals surface area contributed by atoms with Crippen LogP contribution in [0.2, 0.25) is 0 Å². The molecule has 0 radical (unpaired) electrons. The zero-order valence-corrected chi connectivity index (χ0v) is 11.0. The van der Waals surface area contributed by atoms with Gasteiger partial charge in [0.15, 0.2) is 23.1 Å². The van der Waals surface area contributed by atoms with Crippen LogP contribution < -0.4 is 9.47 Å². The Hall–Kier alpha value is -2.11. The van der Waals surface area contributed by atoms with E-state index in [1.54, 1.807) is 24.3 Å². The molecule has 0 aliphatic rings. The van der Waals surface area contributed by atoms with Crippen LogP contribution in [-0.2, 0) is 13.2 Å². The molecule has 0 aliphatic heterocycles. The molecule has 5 heteroatoms. The first-order chi connectivity index (χ1) is 9.69. The van der Waals surface area contributed by atoms with E-state index in [1.165, 1.54) is 19.2 Å². The third-order valence-electron chi connectivity index (χ3n) is 2.84. The third-order valence-corrected chi connectivity index (χ3v) is 2.84. The molecule has 0 amide bonds. The third kappa shape index (κ3) is 2.89. The Morgan fingerprint density at radius 3 is 2.50 bits per heavy atom. The minimum Gasteiger partial charge on any atom is -0.493 e. The summed E-state index contributed by atoms with van der Waals surface area (Å²) in [6.07, 6.45) is 0. The molecular weight excluding hydrogens is 263 g/mol. The molecule has 2 rings (SSSR count). The molecular formula is C15H15FO4. The number of methoxy groups -OCH3 is 1. The molecule has 20 heavy (non-hydrogen) atoms. The first-order valence-corrected chi connectivity index (χ1v) is 6.03. The molecule has 0 saturated heterocycles. The summed E-state index contributed by atoms with van der Waals surface area (Å²) >= 11 is 0. The van der Waals surface area contributed by atoms with Gasteiger partial charge >= 0.3 is 0 Å². The topological polar surface area (TPSA) is 58.9 Å². The van der Waals surface area contributed by atoms with Gasteiger partial charge in [0, 0.05) is 5.56 Å². The lowest BCUT2D eigenvalue weighted by atomic mass is 10.2. The minimum absolute atomic E-state index is 0.0370. The monoisotopic (exact) mass is 278 g/mol. The minimum atomic E-state index is -0.565. The number of rotatable bonds is 5. The molecule has 0 aliphatic carbocycles. The van der Waals surface area contributed by atoms with Crippen molar-refractivity contribution in [1.82, 2.24) is 0 Å². The standard InChI is InChI=1S/C15H15FO4/c1-19-14-7-10(8-17)5-6-13(14)20-15-11(9-18)3-2-4-12(15)16/h2-7,17-18H,8-9H2,1H3. The van der Waals surface area contributed by atoms with Crippen LogP contribution in [-0.4, -0.2) is 17.3 Å². The molecule has 0 atom stereocenters. The highest BCUT2D eigenvalue weighted by atomic mass is 19.1. The molecule has 0 saturated carbocycles. The highest BCUT2D eigenvalue weighted by molar-refractivity contribution is 5.47. The number of hydrogen-bond acceptors (Lipinski definition) is 4. The summed E-state index contributed by atoms with van der Waals surface area (Å²) in [5, 5.41) is 18.3. The van der Waals surface area contributed by atoms with Crippen molar-refractivity contribution in [3.63, 3.8) is 0 Å². The van der Waals surface area contributed by atoms with Crippen LogP contribution in [0, 0.1) is 5.82 Å². The molecule has 0 aromatic heterocycles. The van der Waals surface area contributed by atoms with Crippen molar-refractivity contribution in [2.24, 2.45) is 0 Å². The van der Waals surface area contributed by atoms with Crippen LogP contribution >= 0.6 is 0 Å². The van der Waals surface area contributed by atoms with Crippen LogP contribution in [0.15, 0.2) is 36.4 Å². The summed E-state index contributed by atoms with van der Waals surface area (Å²) in [5.41, 5.74) is 1.00. The average molecular weight is 278 g/mol.